The number of hydrogen-bond acceptors (Lipinski definition) is 2. The number of rotatable bonds is 1. The molecule has 0 aromatic carbocycles. The van der Waals surface area contributed by atoms with Crippen molar-refractivity contribution in [3.63, 3.8) is 0 Å². The molecule has 2 nitrogen and oxygen atoms in total. The highest BCUT2D eigenvalue weighted by atomic mass is 19.1. The van der Waals surface area contributed by atoms with Crippen LogP contribution in [0.5, 0.6) is 0 Å². The molecular formula is C8H13FO2. The monoisotopic (exact) mass is 160 g/mol. The molecule has 64 valence electrons. The van der Waals surface area contributed by atoms with Gasteiger partial charge in [-0.05, 0) is 19.3 Å². The van der Waals surface area contributed by atoms with E-state index in [9.17, 15) is 9.18 Å². The van der Waals surface area contributed by atoms with Crippen molar-refractivity contribution in [1.82, 2.24) is 0 Å². The Morgan fingerprint density at radius 1 is 1.45 bits per heavy atom. The minimum atomic E-state index is -0.937. The predicted octanol–water partition coefficient (Wildman–Crippen LogP) is 1.83. The van der Waals surface area contributed by atoms with E-state index in [4.69, 9.17) is 4.74 Å². The molecular weight excluding hydrogens is 147 g/mol. The summed E-state index contributed by atoms with van der Waals surface area (Å²) in [5.74, 6) is -0.375. The first-order chi connectivity index (χ1) is 5.20. The number of carbonyl (C=O) groups excluding carboxylic acids is 1. The van der Waals surface area contributed by atoms with E-state index in [1.165, 1.54) is 6.92 Å². The van der Waals surface area contributed by atoms with Crippen LogP contribution in [0.4, 0.5) is 4.39 Å². The van der Waals surface area contributed by atoms with Gasteiger partial charge < -0.3 is 4.74 Å². The maximum atomic E-state index is 12.9. The van der Waals surface area contributed by atoms with E-state index in [-0.39, 0.29) is 5.97 Å². The Kier molecular flexibility index (Phi) is 2.85. The van der Waals surface area contributed by atoms with Crippen molar-refractivity contribution in [2.75, 3.05) is 0 Å². The molecule has 11 heavy (non-hydrogen) atoms. The summed E-state index contributed by atoms with van der Waals surface area (Å²) < 4.78 is 17.7. The number of carbonyl (C=O) groups is 1. The molecule has 1 saturated carbocycles. The molecule has 1 rings (SSSR count). The van der Waals surface area contributed by atoms with E-state index >= 15 is 0 Å². The molecule has 0 heterocycles. The molecule has 0 radical (unpaired) electrons. The first kappa shape index (κ1) is 8.50. The summed E-state index contributed by atoms with van der Waals surface area (Å²) in [5.41, 5.74) is 0. The molecule has 0 aromatic heterocycles. The molecule has 0 spiro atoms. The molecule has 0 unspecified atom stereocenters. The van der Waals surface area contributed by atoms with Gasteiger partial charge in [-0.15, -0.1) is 0 Å². The fraction of sp³-hybridized carbons (Fsp3) is 0.875. The van der Waals surface area contributed by atoms with Gasteiger partial charge in [0.15, 0.2) is 0 Å². The van der Waals surface area contributed by atoms with E-state index < -0.39 is 12.3 Å². The average Bonchev–Trinajstić information content (AvgIpc) is 1.93. The molecule has 1 aliphatic rings. The van der Waals surface area contributed by atoms with Gasteiger partial charge in [0.25, 0.3) is 0 Å². The van der Waals surface area contributed by atoms with Crippen LogP contribution in [0.2, 0.25) is 0 Å². The molecule has 3 heteroatoms. The van der Waals surface area contributed by atoms with Crippen LogP contribution in [0.25, 0.3) is 0 Å². The third-order valence-electron chi connectivity index (χ3n) is 1.94. The Morgan fingerprint density at radius 3 is 2.64 bits per heavy atom. The Hall–Kier alpha value is -0.600. The topological polar surface area (TPSA) is 26.3 Å². The Morgan fingerprint density at radius 2 is 2.09 bits per heavy atom. The molecule has 0 amide bonds. The van der Waals surface area contributed by atoms with Crippen LogP contribution >= 0.6 is 0 Å². The summed E-state index contributed by atoms with van der Waals surface area (Å²) in [7, 11) is 0. The molecule has 0 bridgehead atoms. The van der Waals surface area contributed by atoms with Crippen LogP contribution in [-0.2, 0) is 9.53 Å². The molecule has 1 aliphatic carbocycles. The van der Waals surface area contributed by atoms with Crippen LogP contribution in [0.3, 0.4) is 0 Å². The second kappa shape index (κ2) is 3.69. The first-order valence-corrected chi connectivity index (χ1v) is 4.01. The largest absolute Gasteiger partial charge is 0.459 e. The summed E-state index contributed by atoms with van der Waals surface area (Å²) in [4.78, 5) is 10.5. The van der Waals surface area contributed by atoms with Gasteiger partial charge in [0.2, 0.25) is 0 Å². The normalized spacial score (nSPS) is 31.5. The maximum Gasteiger partial charge on any atom is 0.303 e. The Labute approximate surface area is 65.7 Å². The zero-order chi connectivity index (χ0) is 8.27. The highest BCUT2D eigenvalue weighted by Gasteiger charge is 2.26. The predicted molar refractivity (Wildman–Crippen MR) is 38.9 cm³/mol. The van der Waals surface area contributed by atoms with Crippen LogP contribution < -0.4 is 0 Å². The van der Waals surface area contributed by atoms with E-state index in [2.05, 4.69) is 0 Å². The van der Waals surface area contributed by atoms with E-state index in [1.54, 1.807) is 0 Å². The van der Waals surface area contributed by atoms with Crippen molar-refractivity contribution in [2.24, 2.45) is 0 Å². The molecule has 1 fully saturated rings. The average molecular weight is 160 g/mol. The standard InChI is InChI=1S/C8H13FO2/c1-6(10)11-8-5-3-2-4-7(8)9/h7-8H,2-5H2,1H3/t7-,8-/m1/s1. The quantitative estimate of drug-likeness (QED) is 0.547. The van der Waals surface area contributed by atoms with E-state index in [1.807, 2.05) is 0 Å². The highest BCUT2D eigenvalue weighted by Crippen LogP contribution is 2.23. The lowest BCUT2D eigenvalue weighted by atomic mass is 9.96. The minimum absolute atomic E-state index is 0.375. The smallest absolute Gasteiger partial charge is 0.303 e. The zero-order valence-corrected chi connectivity index (χ0v) is 6.68. The molecule has 0 N–H and O–H groups in total. The molecule has 0 aromatic rings. The number of halogens is 1. The lowest BCUT2D eigenvalue weighted by Gasteiger charge is -2.24. The first-order valence-electron chi connectivity index (χ1n) is 4.01. The number of ether oxygens (including phenoxy) is 1. The van der Waals surface area contributed by atoms with Crippen molar-refractivity contribution in [3.8, 4) is 0 Å². The van der Waals surface area contributed by atoms with Crippen LogP contribution in [0, 0.1) is 0 Å². The van der Waals surface area contributed by atoms with Gasteiger partial charge in [0.05, 0.1) is 0 Å². The highest BCUT2D eigenvalue weighted by molar-refractivity contribution is 5.66. The lowest BCUT2D eigenvalue weighted by Crippen LogP contribution is -2.30. The van der Waals surface area contributed by atoms with Crippen molar-refractivity contribution >= 4 is 5.97 Å². The van der Waals surface area contributed by atoms with Crippen LogP contribution in [-0.4, -0.2) is 18.2 Å². The minimum Gasteiger partial charge on any atom is -0.459 e. The fourth-order valence-corrected chi connectivity index (χ4v) is 1.40. The Bertz CT molecular complexity index is 147. The van der Waals surface area contributed by atoms with E-state index in [0.717, 1.165) is 12.8 Å². The fourth-order valence-electron chi connectivity index (χ4n) is 1.40. The maximum absolute atomic E-state index is 12.9. The summed E-state index contributed by atoms with van der Waals surface area (Å²) in [5, 5.41) is 0. The molecule has 2 atom stereocenters. The third kappa shape index (κ3) is 2.48. The van der Waals surface area contributed by atoms with Crippen LogP contribution in [0.1, 0.15) is 32.6 Å². The van der Waals surface area contributed by atoms with Gasteiger partial charge in [-0.1, -0.05) is 6.42 Å². The SMILES string of the molecule is CC(=O)O[C@@H]1CCCC[C@H]1F. The van der Waals surface area contributed by atoms with E-state index in [0.29, 0.717) is 12.8 Å². The van der Waals surface area contributed by atoms with Gasteiger partial charge in [-0.2, -0.15) is 0 Å². The third-order valence-corrected chi connectivity index (χ3v) is 1.94. The molecule has 0 saturated heterocycles. The van der Waals surface area contributed by atoms with Gasteiger partial charge in [0, 0.05) is 6.92 Å². The summed E-state index contributed by atoms with van der Waals surface area (Å²) >= 11 is 0. The summed E-state index contributed by atoms with van der Waals surface area (Å²) in [6.45, 7) is 1.32. The molecule has 0 aliphatic heterocycles. The van der Waals surface area contributed by atoms with Crippen molar-refractivity contribution in [2.45, 2.75) is 44.9 Å². The lowest BCUT2D eigenvalue weighted by molar-refractivity contribution is -0.151. The van der Waals surface area contributed by atoms with Gasteiger partial charge in [0.1, 0.15) is 12.3 Å². The van der Waals surface area contributed by atoms with Gasteiger partial charge in [-0.25, -0.2) is 4.39 Å². The van der Waals surface area contributed by atoms with Gasteiger partial charge >= 0.3 is 5.97 Å². The second-order valence-electron chi connectivity index (χ2n) is 2.95. The van der Waals surface area contributed by atoms with Crippen molar-refractivity contribution in [1.29, 1.82) is 0 Å². The zero-order valence-electron chi connectivity index (χ0n) is 6.68. The second-order valence-corrected chi connectivity index (χ2v) is 2.95. The van der Waals surface area contributed by atoms with Crippen molar-refractivity contribution in [3.05, 3.63) is 0 Å². The number of hydrogen-bond donors (Lipinski definition) is 0. The van der Waals surface area contributed by atoms with Crippen LogP contribution in [0.15, 0.2) is 0 Å². The summed E-state index contributed by atoms with van der Waals surface area (Å²) in [6, 6.07) is 0. The van der Waals surface area contributed by atoms with Gasteiger partial charge in [-0.3, -0.25) is 4.79 Å². The number of esters is 1. The Balaban J connectivity index is 2.35. The number of alkyl halides is 1. The van der Waals surface area contributed by atoms with Crippen molar-refractivity contribution < 1.29 is 13.9 Å². The summed E-state index contributed by atoms with van der Waals surface area (Å²) in [6.07, 6.45) is 1.70.